The molecule has 202 valence electrons. The first-order valence-electron chi connectivity index (χ1n) is 12.5. The lowest BCUT2D eigenvalue weighted by molar-refractivity contribution is -0.139. The van der Waals surface area contributed by atoms with Crippen molar-refractivity contribution in [3.8, 4) is 0 Å². The molecule has 2 aliphatic heterocycles. The van der Waals surface area contributed by atoms with Crippen LogP contribution in [-0.2, 0) is 9.53 Å². The molecule has 11 heteroatoms. The zero-order valence-electron chi connectivity index (χ0n) is 21.6. The van der Waals surface area contributed by atoms with Crippen LogP contribution in [-0.4, -0.2) is 84.6 Å². The summed E-state index contributed by atoms with van der Waals surface area (Å²) in [6.45, 7) is 12.5. The Kier molecular flexibility index (Phi) is 10.3. The molecular weight excluding hydrogens is 517 g/mol. The van der Waals surface area contributed by atoms with Gasteiger partial charge in [-0.05, 0) is 44.9 Å². The summed E-state index contributed by atoms with van der Waals surface area (Å²) in [5.41, 5.74) is 1.38. The Morgan fingerprint density at radius 2 is 2.00 bits per heavy atom. The normalized spacial score (nSPS) is 19.0. The molecule has 4 amide bonds. The van der Waals surface area contributed by atoms with Crippen LogP contribution in [0.25, 0.3) is 0 Å². The fraction of sp³-hybridized carbons (Fsp3) is 0.500. The van der Waals surface area contributed by atoms with Gasteiger partial charge in [0.1, 0.15) is 0 Å². The zero-order valence-corrected chi connectivity index (χ0v) is 23.1. The highest BCUT2D eigenvalue weighted by molar-refractivity contribution is 6.35. The molecule has 2 N–H and O–H groups in total. The maximum absolute atomic E-state index is 13.3. The third-order valence-electron chi connectivity index (χ3n) is 6.18. The third kappa shape index (κ3) is 7.18. The monoisotopic (exact) mass is 551 g/mol. The van der Waals surface area contributed by atoms with Crippen molar-refractivity contribution in [2.45, 2.75) is 39.3 Å². The Hall–Kier alpha value is -2.75. The van der Waals surface area contributed by atoms with E-state index >= 15 is 0 Å². The van der Waals surface area contributed by atoms with Gasteiger partial charge in [0.25, 0.3) is 0 Å². The first-order chi connectivity index (χ1) is 17.7. The van der Waals surface area contributed by atoms with E-state index in [4.69, 9.17) is 27.9 Å². The Bertz CT molecular complexity index is 1060. The van der Waals surface area contributed by atoms with E-state index in [9.17, 15) is 14.4 Å². The van der Waals surface area contributed by atoms with Crippen LogP contribution in [0.4, 0.5) is 9.59 Å². The van der Waals surface area contributed by atoms with Gasteiger partial charge in [0.2, 0.25) is 0 Å². The van der Waals surface area contributed by atoms with Crippen LogP contribution in [0.1, 0.15) is 38.8 Å². The Morgan fingerprint density at radius 1 is 1.24 bits per heavy atom. The molecule has 3 rings (SSSR count). The van der Waals surface area contributed by atoms with Crippen molar-refractivity contribution in [2.75, 3.05) is 45.9 Å². The van der Waals surface area contributed by atoms with Crippen LogP contribution in [0.15, 0.2) is 42.1 Å². The molecule has 1 saturated heterocycles. The van der Waals surface area contributed by atoms with Crippen LogP contribution < -0.4 is 10.6 Å². The lowest BCUT2D eigenvalue weighted by Crippen LogP contribution is -2.51. The number of carbonyl (C=O) groups excluding carboxylic acids is 3. The van der Waals surface area contributed by atoms with Crippen molar-refractivity contribution in [1.29, 1.82) is 0 Å². The van der Waals surface area contributed by atoms with Gasteiger partial charge in [-0.1, -0.05) is 35.3 Å². The van der Waals surface area contributed by atoms with E-state index < -0.39 is 12.0 Å². The predicted octanol–water partition coefficient (Wildman–Crippen LogP) is 4.19. The minimum Gasteiger partial charge on any atom is -0.463 e. The molecule has 0 aromatic heterocycles. The van der Waals surface area contributed by atoms with Gasteiger partial charge >= 0.3 is 18.0 Å². The summed E-state index contributed by atoms with van der Waals surface area (Å²) in [5, 5.41) is 6.63. The van der Waals surface area contributed by atoms with E-state index in [-0.39, 0.29) is 31.3 Å². The third-order valence-corrected chi connectivity index (χ3v) is 6.74. The van der Waals surface area contributed by atoms with Crippen LogP contribution >= 0.6 is 23.2 Å². The number of hydrogen-bond donors (Lipinski definition) is 2. The van der Waals surface area contributed by atoms with Crippen molar-refractivity contribution in [2.24, 2.45) is 0 Å². The number of hydrogen-bond acceptors (Lipinski definition) is 5. The predicted molar refractivity (Wildman–Crippen MR) is 145 cm³/mol. The van der Waals surface area contributed by atoms with Crippen molar-refractivity contribution in [3.63, 3.8) is 0 Å². The number of carbonyl (C=O) groups is 3. The highest BCUT2D eigenvalue weighted by atomic mass is 35.5. The van der Waals surface area contributed by atoms with Crippen molar-refractivity contribution in [1.82, 2.24) is 25.3 Å². The zero-order chi connectivity index (χ0) is 27.1. The van der Waals surface area contributed by atoms with Crippen LogP contribution in [0.3, 0.4) is 0 Å². The molecule has 37 heavy (non-hydrogen) atoms. The molecule has 2 aliphatic rings. The summed E-state index contributed by atoms with van der Waals surface area (Å²) in [7, 11) is 0. The fourth-order valence-electron chi connectivity index (χ4n) is 4.50. The van der Waals surface area contributed by atoms with Gasteiger partial charge in [0.15, 0.2) is 0 Å². The topological polar surface area (TPSA) is 94.2 Å². The molecule has 2 heterocycles. The minimum absolute atomic E-state index is 0.0500. The maximum atomic E-state index is 13.3. The number of urea groups is 2. The molecule has 0 spiro atoms. The molecule has 0 unspecified atom stereocenters. The summed E-state index contributed by atoms with van der Waals surface area (Å²) < 4.78 is 5.44. The Morgan fingerprint density at radius 3 is 2.65 bits per heavy atom. The number of halogens is 2. The molecule has 0 aliphatic carbocycles. The minimum atomic E-state index is -0.812. The quantitative estimate of drug-likeness (QED) is 0.373. The van der Waals surface area contributed by atoms with Crippen LogP contribution in [0, 0.1) is 0 Å². The summed E-state index contributed by atoms with van der Waals surface area (Å²) >= 11 is 12.6. The number of nitrogens with zero attached hydrogens (tertiary/aromatic N) is 3. The number of nitrogens with one attached hydrogen (secondary N) is 2. The van der Waals surface area contributed by atoms with Gasteiger partial charge in [-0.3, -0.25) is 9.80 Å². The summed E-state index contributed by atoms with van der Waals surface area (Å²) in [6, 6.07) is 3.72. The van der Waals surface area contributed by atoms with Crippen molar-refractivity contribution < 1.29 is 19.1 Å². The lowest BCUT2D eigenvalue weighted by Gasteiger charge is -2.38. The van der Waals surface area contributed by atoms with Crippen molar-refractivity contribution in [3.05, 3.63) is 57.7 Å². The molecule has 1 fully saturated rings. The Labute approximate surface area is 228 Å². The van der Waals surface area contributed by atoms with Crippen LogP contribution in [0.5, 0.6) is 0 Å². The first-order valence-corrected chi connectivity index (χ1v) is 13.2. The standard InChI is InChI=1S/C26H35Cl2N5O4/c1-5-10-33-21(16-31-11-7-12-32(14-13-31)25(35)29-17(3)4)22(24(34)37-6-2)23(30-26(33)36)19-9-8-18(27)15-20(19)28/h5,8-9,15,17,23H,1,6-7,10-14,16H2,2-4H3,(H,29,35)(H,30,36)/t23-/m1/s1. The largest absolute Gasteiger partial charge is 0.463 e. The first kappa shape index (κ1) is 28.8. The van der Waals surface area contributed by atoms with Crippen molar-refractivity contribution >= 4 is 41.2 Å². The molecule has 1 aromatic carbocycles. The van der Waals surface area contributed by atoms with Gasteiger partial charge in [0.05, 0.1) is 18.2 Å². The number of amides is 4. The van der Waals surface area contributed by atoms with E-state index in [1.807, 2.05) is 13.8 Å². The SMILES string of the molecule is C=CCN1C(=O)N[C@H](c2ccc(Cl)cc2Cl)C(C(=O)OCC)=C1CN1CCCN(C(=O)NC(C)C)CC1. The van der Waals surface area contributed by atoms with E-state index in [1.54, 1.807) is 36.1 Å². The molecule has 1 atom stereocenters. The van der Waals surface area contributed by atoms with E-state index in [1.165, 1.54) is 4.90 Å². The second-order valence-corrected chi connectivity index (χ2v) is 10.1. The molecular formula is C26H35Cl2N5O4. The van der Waals surface area contributed by atoms with Crippen LogP contribution in [0.2, 0.25) is 10.0 Å². The van der Waals surface area contributed by atoms with Gasteiger partial charge < -0.3 is 20.3 Å². The lowest BCUT2D eigenvalue weighted by atomic mass is 9.94. The highest BCUT2D eigenvalue weighted by Gasteiger charge is 2.39. The molecule has 9 nitrogen and oxygen atoms in total. The average Bonchev–Trinajstić information content (AvgIpc) is 3.06. The summed E-state index contributed by atoms with van der Waals surface area (Å²) in [5.74, 6) is -0.532. The average molecular weight is 553 g/mol. The van der Waals surface area contributed by atoms with E-state index in [0.29, 0.717) is 59.6 Å². The van der Waals surface area contributed by atoms with E-state index in [0.717, 1.165) is 6.42 Å². The molecule has 1 aromatic rings. The number of rotatable bonds is 8. The van der Waals surface area contributed by atoms with Gasteiger partial charge in [0, 0.05) is 61.1 Å². The van der Waals surface area contributed by atoms with Gasteiger partial charge in [-0.15, -0.1) is 6.58 Å². The second-order valence-electron chi connectivity index (χ2n) is 9.25. The Balaban J connectivity index is 1.99. The highest BCUT2D eigenvalue weighted by Crippen LogP contribution is 2.36. The maximum Gasteiger partial charge on any atom is 0.338 e. The summed E-state index contributed by atoms with van der Waals surface area (Å²) in [6.07, 6.45) is 2.37. The van der Waals surface area contributed by atoms with E-state index in [2.05, 4.69) is 22.1 Å². The molecule has 0 bridgehead atoms. The van der Waals surface area contributed by atoms with Gasteiger partial charge in [-0.25, -0.2) is 14.4 Å². The van der Waals surface area contributed by atoms with Gasteiger partial charge in [-0.2, -0.15) is 0 Å². The smallest absolute Gasteiger partial charge is 0.338 e. The summed E-state index contributed by atoms with van der Waals surface area (Å²) in [4.78, 5) is 44.6. The number of ether oxygens (including phenoxy) is 1. The fourth-order valence-corrected chi connectivity index (χ4v) is 5.01. The molecule has 0 radical (unpaired) electrons. The molecule has 0 saturated carbocycles. The number of benzene rings is 1. The number of esters is 1. The second kappa shape index (κ2) is 13.2.